The number of rotatable bonds is 5. The Kier molecular flexibility index (Phi) is 5.74. The summed E-state index contributed by atoms with van der Waals surface area (Å²) in [5.74, 6) is 0.246. The van der Waals surface area contributed by atoms with Crippen LogP contribution in [0.25, 0.3) is 6.08 Å². The Morgan fingerprint density at radius 1 is 1.16 bits per heavy atom. The van der Waals surface area contributed by atoms with Crippen LogP contribution in [0.2, 0.25) is 0 Å². The number of amides is 1. The summed E-state index contributed by atoms with van der Waals surface area (Å²) in [6.07, 6.45) is 7.38. The Balaban J connectivity index is 1.75. The predicted molar refractivity (Wildman–Crippen MR) is 105 cm³/mol. The first-order chi connectivity index (χ1) is 12.1. The van der Waals surface area contributed by atoms with E-state index in [4.69, 9.17) is 17.0 Å². The average Bonchev–Trinajstić information content (AvgIpc) is 2.91. The number of carbonyl (C=O) groups excluding carboxylic acids is 1. The van der Waals surface area contributed by atoms with Gasteiger partial charge in [-0.05, 0) is 62.7 Å². The fourth-order valence-electron chi connectivity index (χ4n) is 3.66. The van der Waals surface area contributed by atoms with E-state index < -0.39 is 0 Å². The summed E-state index contributed by atoms with van der Waals surface area (Å²) in [4.78, 5) is 16.7. The van der Waals surface area contributed by atoms with Gasteiger partial charge in [-0.15, -0.1) is 0 Å². The summed E-state index contributed by atoms with van der Waals surface area (Å²) in [5.41, 5.74) is 2.14. The van der Waals surface area contributed by atoms with Gasteiger partial charge in [0.25, 0.3) is 11.1 Å². The fraction of sp³-hybridized carbons (Fsp3) is 0.500. The monoisotopic (exact) mass is 358 g/mol. The van der Waals surface area contributed by atoms with Crippen LogP contribution in [0.3, 0.4) is 0 Å². The van der Waals surface area contributed by atoms with Crippen LogP contribution in [0.4, 0.5) is 5.69 Å². The first-order valence-electron chi connectivity index (χ1n) is 9.26. The van der Waals surface area contributed by atoms with Gasteiger partial charge in [-0.25, -0.2) is 0 Å². The maximum Gasteiger partial charge on any atom is 0.297 e. The molecule has 25 heavy (non-hydrogen) atoms. The highest BCUT2D eigenvalue weighted by Crippen LogP contribution is 2.29. The van der Waals surface area contributed by atoms with Crippen molar-refractivity contribution < 1.29 is 9.53 Å². The van der Waals surface area contributed by atoms with E-state index in [2.05, 4.69) is 30.9 Å². The molecular weight excluding hydrogens is 332 g/mol. The first-order valence-corrected chi connectivity index (χ1v) is 9.67. The molecule has 0 aromatic heterocycles. The molecule has 1 heterocycles. The number of hydrogen-bond donors (Lipinski definition) is 0. The van der Waals surface area contributed by atoms with Gasteiger partial charge in [0.2, 0.25) is 0 Å². The van der Waals surface area contributed by atoms with Gasteiger partial charge >= 0.3 is 0 Å². The van der Waals surface area contributed by atoms with Crippen molar-refractivity contribution in [1.82, 2.24) is 4.90 Å². The maximum absolute atomic E-state index is 12.7. The van der Waals surface area contributed by atoms with Crippen LogP contribution in [0.5, 0.6) is 0 Å². The van der Waals surface area contributed by atoms with E-state index >= 15 is 0 Å². The van der Waals surface area contributed by atoms with Crippen LogP contribution in [0, 0.1) is 0 Å². The predicted octanol–water partition coefficient (Wildman–Crippen LogP) is 4.35. The van der Waals surface area contributed by atoms with E-state index in [1.165, 1.54) is 12.1 Å². The summed E-state index contributed by atoms with van der Waals surface area (Å²) in [7, 11) is 0. The lowest BCUT2D eigenvalue weighted by Crippen LogP contribution is -2.40. The third-order valence-electron chi connectivity index (χ3n) is 5.08. The smallest absolute Gasteiger partial charge is 0.297 e. The van der Waals surface area contributed by atoms with Crippen LogP contribution < -0.4 is 4.90 Å². The molecule has 1 amide bonds. The topological polar surface area (TPSA) is 32.8 Å². The maximum atomic E-state index is 12.7. The van der Waals surface area contributed by atoms with Crippen molar-refractivity contribution in [2.24, 2.45) is 0 Å². The fourth-order valence-corrected chi connectivity index (χ4v) is 3.98. The van der Waals surface area contributed by atoms with Crippen molar-refractivity contribution in [2.75, 3.05) is 18.0 Å². The highest BCUT2D eigenvalue weighted by Gasteiger charge is 2.38. The Hall–Kier alpha value is -1.88. The number of hydrogen-bond acceptors (Lipinski definition) is 4. The zero-order valence-electron chi connectivity index (χ0n) is 15.0. The third kappa shape index (κ3) is 3.87. The molecule has 0 spiro atoms. The van der Waals surface area contributed by atoms with E-state index in [1.54, 1.807) is 11.0 Å². The molecule has 0 atom stereocenters. The number of carbonyl (C=O) groups is 1. The second kappa shape index (κ2) is 8.00. The highest BCUT2D eigenvalue weighted by molar-refractivity contribution is 7.80. The quantitative estimate of drug-likeness (QED) is 0.579. The molecule has 1 aliphatic carbocycles. The van der Waals surface area contributed by atoms with E-state index in [-0.39, 0.29) is 11.9 Å². The number of nitrogens with zero attached hydrogens (tertiary/aromatic N) is 2. The normalized spacial score (nSPS) is 20.2. The van der Waals surface area contributed by atoms with E-state index in [0.717, 1.165) is 44.3 Å². The van der Waals surface area contributed by atoms with Crippen molar-refractivity contribution in [2.45, 2.75) is 52.0 Å². The van der Waals surface area contributed by atoms with Crippen molar-refractivity contribution >= 4 is 35.1 Å². The van der Waals surface area contributed by atoms with Gasteiger partial charge in [-0.2, -0.15) is 0 Å². The molecule has 1 saturated heterocycles. The van der Waals surface area contributed by atoms with E-state index in [0.29, 0.717) is 10.9 Å². The zero-order chi connectivity index (χ0) is 17.8. The average molecular weight is 359 g/mol. The molecule has 0 bridgehead atoms. The van der Waals surface area contributed by atoms with Crippen molar-refractivity contribution in [3.63, 3.8) is 0 Å². The van der Waals surface area contributed by atoms with Crippen LogP contribution in [-0.2, 0) is 9.53 Å². The van der Waals surface area contributed by atoms with Gasteiger partial charge in [0.1, 0.15) is 0 Å². The number of anilines is 1. The summed E-state index contributed by atoms with van der Waals surface area (Å²) >= 11 is 5.31. The lowest BCUT2D eigenvalue weighted by molar-refractivity contribution is -0.124. The largest absolute Gasteiger partial charge is 0.426 e. The highest BCUT2D eigenvalue weighted by atomic mass is 32.1. The van der Waals surface area contributed by atoms with Crippen molar-refractivity contribution in [3.05, 3.63) is 35.6 Å². The molecule has 1 aliphatic heterocycles. The van der Waals surface area contributed by atoms with Gasteiger partial charge in [0.05, 0.1) is 0 Å². The van der Waals surface area contributed by atoms with Crippen molar-refractivity contribution in [3.8, 4) is 0 Å². The Labute approximate surface area is 155 Å². The molecule has 2 fully saturated rings. The molecule has 1 aromatic carbocycles. The first kappa shape index (κ1) is 17.9. The lowest BCUT2D eigenvalue weighted by atomic mass is 9.94. The summed E-state index contributed by atoms with van der Waals surface area (Å²) in [6.45, 7) is 6.24. The van der Waals surface area contributed by atoms with E-state index in [1.807, 2.05) is 12.1 Å². The minimum atomic E-state index is -0.0929. The standard InChI is InChI=1S/C20H26N2O2S/c1-3-21(4-2)16-12-10-15(11-13-16)14-18-19(23)22(20(25)24-18)17-8-6-5-7-9-17/h10-14,17H,3-9H2,1-2H3/b18-14+. The van der Waals surface area contributed by atoms with Gasteiger partial charge in [-0.1, -0.05) is 31.4 Å². The molecule has 0 unspecified atom stereocenters. The van der Waals surface area contributed by atoms with Crippen molar-refractivity contribution in [1.29, 1.82) is 0 Å². The number of thiocarbonyl (C=S) groups is 1. The molecule has 3 rings (SSSR count). The molecule has 5 heteroatoms. The van der Waals surface area contributed by atoms with Gasteiger partial charge in [0.15, 0.2) is 5.76 Å². The van der Waals surface area contributed by atoms with Gasteiger partial charge in [-0.3, -0.25) is 9.69 Å². The number of ether oxygens (including phenoxy) is 1. The Bertz CT molecular complexity index is 659. The SMILES string of the molecule is CCN(CC)c1ccc(/C=C2/OC(=S)N(C3CCCCC3)C2=O)cc1. The summed E-state index contributed by atoms with van der Waals surface area (Å²) in [6, 6.07) is 8.39. The second-order valence-electron chi connectivity index (χ2n) is 6.61. The van der Waals surface area contributed by atoms with E-state index in [9.17, 15) is 4.79 Å². The molecule has 0 N–H and O–H groups in total. The molecule has 134 valence electrons. The Morgan fingerprint density at radius 2 is 1.80 bits per heavy atom. The minimum Gasteiger partial charge on any atom is -0.426 e. The summed E-state index contributed by atoms with van der Waals surface area (Å²) < 4.78 is 5.62. The molecular formula is C20H26N2O2S. The number of benzene rings is 1. The van der Waals surface area contributed by atoms with Gasteiger partial charge < -0.3 is 9.64 Å². The molecule has 4 nitrogen and oxygen atoms in total. The second-order valence-corrected chi connectivity index (χ2v) is 6.96. The summed E-state index contributed by atoms with van der Waals surface area (Å²) in [5, 5.41) is 0.308. The molecule has 0 radical (unpaired) electrons. The zero-order valence-corrected chi connectivity index (χ0v) is 15.8. The Morgan fingerprint density at radius 3 is 2.40 bits per heavy atom. The van der Waals surface area contributed by atoms with Gasteiger partial charge in [0, 0.05) is 24.8 Å². The molecule has 2 aliphatic rings. The van der Waals surface area contributed by atoms with Crippen LogP contribution in [0.15, 0.2) is 30.0 Å². The lowest BCUT2D eigenvalue weighted by Gasteiger charge is -2.28. The van der Waals surface area contributed by atoms with Crippen LogP contribution >= 0.6 is 12.2 Å². The minimum absolute atomic E-state index is 0.0929. The van der Waals surface area contributed by atoms with Crippen LogP contribution in [0.1, 0.15) is 51.5 Å². The third-order valence-corrected chi connectivity index (χ3v) is 5.36. The molecule has 1 aromatic rings. The molecule has 1 saturated carbocycles. The van der Waals surface area contributed by atoms with Crippen LogP contribution in [-0.4, -0.2) is 35.1 Å².